The van der Waals surface area contributed by atoms with E-state index in [9.17, 15) is 9.59 Å². The highest BCUT2D eigenvalue weighted by Gasteiger charge is 2.24. The highest BCUT2D eigenvalue weighted by atomic mass is 32.2. The summed E-state index contributed by atoms with van der Waals surface area (Å²) in [6.45, 7) is 6.32. The molecule has 0 radical (unpaired) electrons. The zero-order valence-corrected chi connectivity index (χ0v) is 17.5. The Morgan fingerprint density at radius 1 is 1.32 bits per heavy atom. The van der Waals surface area contributed by atoms with Gasteiger partial charge in [-0.1, -0.05) is 19.1 Å². The molecule has 0 unspecified atom stereocenters. The van der Waals surface area contributed by atoms with Crippen LogP contribution in [0.2, 0.25) is 0 Å². The molecular formula is C21H25N3O3S. The van der Waals surface area contributed by atoms with E-state index in [-0.39, 0.29) is 12.5 Å². The Morgan fingerprint density at radius 2 is 2.07 bits per heavy atom. The molecule has 0 N–H and O–H groups in total. The van der Waals surface area contributed by atoms with Gasteiger partial charge in [-0.25, -0.2) is 4.79 Å². The molecule has 1 aromatic heterocycles. The smallest absolute Gasteiger partial charge is 0.331 e. The summed E-state index contributed by atoms with van der Waals surface area (Å²) in [7, 11) is 1.86. The van der Waals surface area contributed by atoms with E-state index in [4.69, 9.17) is 4.74 Å². The molecule has 2 heterocycles. The molecule has 7 heteroatoms. The fourth-order valence-corrected chi connectivity index (χ4v) is 4.30. The molecule has 3 rings (SSSR count). The minimum atomic E-state index is -0.540. The maximum atomic E-state index is 12.7. The van der Waals surface area contributed by atoms with E-state index in [1.165, 1.54) is 6.08 Å². The van der Waals surface area contributed by atoms with Crippen molar-refractivity contribution in [1.29, 1.82) is 0 Å². The number of ether oxygens (including phenoxy) is 1. The van der Waals surface area contributed by atoms with Gasteiger partial charge in [0.05, 0.1) is 11.4 Å². The van der Waals surface area contributed by atoms with Crippen LogP contribution in [0.15, 0.2) is 35.2 Å². The monoisotopic (exact) mass is 399 g/mol. The Kier molecular flexibility index (Phi) is 6.24. The lowest BCUT2D eigenvalue weighted by molar-refractivity contribution is -0.142. The third kappa shape index (κ3) is 4.47. The van der Waals surface area contributed by atoms with Crippen LogP contribution in [0.5, 0.6) is 0 Å². The number of amides is 1. The van der Waals surface area contributed by atoms with Crippen LogP contribution in [-0.2, 0) is 21.4 Å². The number of hydrogen-bond donors (Lipinski definition) is 0. The van der Waals surface area contributed by atoms with Crippen LogP contribution < -0.4 is 4.90 Å². The predicted molar refractivity (Wildman–Crippen MR) is 111 cm³/mol. The van der Waals surface area contributed by atoms with Gasteiger partial charge in [-0.3, -0.25) is 9.48 Å². The molecule has 1 aliphatic rings. The highest BCUT2D eigenvalue weighted by Crippen LogP contribution is 2.37. The molecule has 0 aliphatic carbocycles. The van der Waals surface area contributed by atoms with Gasteiger partial charge in [0.15, 0.2) is 6.61 Å². The topological polar surface area (TPSA) is 64.4 Å². The zero-order chi connectivity index (χ0) is 20.3. The van der Waals surface area contributed by atoms with Crippen molar-refractivity contribution in [3.63, 3.8) is 0 Å². The predicted octanol–water partition coefficient (Wildman–Crippen LogP) is 3.51. The standard InChI is InChI=1S/C21H25N3O3S/c1-14-11-12-24(18-7-5-6-8-19(18)28-14)20(25)13-27-21(26)10-9-17-15(2)22-23(4)16(17)3/h5-10,14H,11-13H2,1-4H3/b10-9+/t14-/m0/s1. The lowest BCUT2D eigenvalue weighted by Crippen LogP contribution is -2.35. The SMILES string of the molecule is Cc1nn(C)c(C)c1/C=C/C(=O)OCC(=O)N1CC[C@H](C)Sc2ccccc21. The largest absolute Gasteiger partial charge is 0.452 e. The number of rotatable bonds is 4. The number of thioether (sulfide) groups is 1. The summed E-state index contributed by atoms with van der Waals surface area (Å²) < 4.78 is 6.96. The number of para-hydroxylation sites is 1. The molecule has 0 bridgehead atoms. The van der Waals surface area contributed by atoms with Gasteiger partial charge in [0, 0.05) is 41.1 Å². The molecule has 1 aromatic carbocycles. The van der Waals surface area contributed by atoms with Crippen molar-refractivity contribution < 1.29 is 14.3 Å². The van der Waals surface area contributed by atoms with Crippen molar-refractivity contribution in [1.82, 2.24) is 9.78 Å². The van der Waals surface area contributed by atoms with Crippen LogP contribution in [0.1, 0.15) is 30.3 Å². The Hall–Kier alpha value is -2.54. The molecule has 2 aromatic rings. The number of esters is 1. The fourth-order valence-electron chi connectivity index (χ4n) is 3.19. The molecule has 0 saturated carbocycles. The van der Waals surface area contributed by atoms with E-state index in [0.29, 0.717) is 11.8 Å². The molecule has 1 aliphatic heterocycles. The molecular weight excluding hydrogens is 374 g/mol. The molecule has 28 heavy (non-hydrogen) atoms. The van der Waals surface area contributed by atoms with Crippen LogP contribution in [0.3, 0.4) is 0 Å². The third-order valence-electron chi connectivity index (χ3n) is 4.83. The van der Waals surface area contributed by atoms with Crippen molar-refractivity contribution in [3.05, 3.63) is 47.3 Å². The minimum absolute atomic E-state index is 0.211. The molecule has 0 fully saturated rings. The Morgan fingerprint density at radius 3 is 2.79 bits per heavy atom. The Balaban J connectivity index is 1.64. The number of carbonyl (C=O) groups is 2. The first-order valence-corrected chi connectivity index (χ1v) is 10.2. The van der Waals surface area contributed by atoms with E-state index >= 15 is 0 Å². The number of fused-ring (bicyclic) bond motifs is 1. The van der Waals surface area contributed by atoms with Crippen LogP contribution in [-0.4, -0.2) is 40.1 Å². The molecule has 0 saturated heterocycles. The average molecular weight is 400 g/mol. The van der Waals surface area contributed by atoms with Crippen molar-refractivity contribution in [2.24, 2.45) is 7.05 Å². The van der Waals surface area contributed by atoms with Gasteiger partial charge < -0.3 is 9.64 Å². The molecule has 1 amide bonds. The summed E-state index contributed by atoms with van der Waals surface area (Å²) in [4.78, 5) is 27.6. The van der Waals surface area contributed by atoms with Gasteiger partial charge in [0.2, 0.25) is 0 Å². The van der Waals surface area contributed by atoms with E-state index in [0.717, 1.165) is 34.0 Å². The fraction of sp³-hybridized carbons (Fsp3) is 0.381. The van der Waals surface area contributed by atoms with Gasteiger partial charge in [-0.2, -0.15) is 5.10 Å². The van der Waals surface area contributed by atoms with E-state index in [2.05, 4.69) is 12.0 Å². The second-order valence-electron chi connectivity index (χ2n) is 6.88. The van der Waals surface area contributed by atoms with Gasteiger partial charge in [0.25, 0.3) is 5.91 Å². The lowest BCUT2D eigenvalue weighted by atomic mass is 10.2. The number of hydrogen-bond acceptors (Lipinski definition) is 5. The summed E-state index contributed by atoms with van der Waals surface area (Å²) in [5.74, 6) is -0.750. The first-order valence-electron chi connectivity index (χ1n) is 9.28. The third-order valence-corrected chi connectivity index (χ3v) is 6.07. The van der Waals surface area contributed by atoms with Crippen LogP contribution in [0.25, 0.3) is 6.08 Å². The normalized spacial score (nSPS) is 16.7. The Bertz CT molecular complexity index is 920. The maximum Gasteiger partial charge on any atom is 0.331 e. The second kappa shape index (κ2) is 8.65. The molecule has 6 nitrogen and oxygen atoms in total. The quantitative estimate of drug-likeness (QED) is 0.581. The van der Waals surface area contributed by atoms with Crippen molar-refractivity contribution in [2.75, 3.05) is 18.1 Å². The maximum absolute atomic E-state index is 12.7. The first-order chi connectivity index (χ1) is 13.4. The molecule has 1 atom stereocenters. The number of aryl methyl sites for hydroxylation is 2. The number of aromatic nitrogens is 2. The van der Waals surface area contributed by atoms with Crippen molar-refractivity contribution in [3.8, 4) is 0 Å². The Labute approximate surface area is 169 Å². The average Bonchev–Trinajstić information content (AvgIpc) is 2.81. The summed E-state index contributed by atoms with van der Waals surface area (Å²) in [6.07, 6.45) is 3.92. The van der Waals surface area contributed by atoms with Gasteiger partial charge in [-0.05, 0) is 38.5 Å². The van der Waals surface area contributed by atoms with E-state index in [1.807, 2.05) is 45.2 Å². The van der Waals surface area contributed by atoms with Gasteiger partial charge in [0.1, 0.15) is 0 Å². The summed E-state index contributed by atoms with van der Waals surface area (Å²) >= 11 is 1.77. The molecule has 0 spiro atoms. The first kappa shape index (κ1) is 20.2. The van der Waals surface area contributed by atoms with Crippen molar-refractivity contribution in [2.45, 2.75) is 37.3 Å². The van der Waals surface area contributed by atoms with Crippen LogP contribution in [0.4, 0.5) is 5.69 Å². The van der Waals surface area contributed by atoms with Gasteiger partial charge >= 0.3 is 5.97 Å². The summed E-state index contributed by atoms with van der Waals surface area (Å²) in [5.41, 5.74) is 3.58. The summed E-state index contributed by atoms with van der Waals surface area (Å²) in [6, 6.07) is 7.85. The van der Waals surface area contributed by atoms with Crippen molar-refractivity contribution >= 4 is 35.4 Å². The summed E-state index contributed by atoms with van der Waals surface area (Å²) in [5, 5.41) is 4.74. The number of anilines is 1. The van der Waals surface area contributed by atoms with E-state index < -0.39 is 5.97 Å². The van der Waals surface area contributed by atoms with Gasteiger partial charge in [-0.15, -0.1) is 11.8 Å². The number of carbonyl (C=O) groups excluding carboxylic acids is 2. The zero-order valence-electron chi connectivity index (χ0n) is 16.6. The van der Waals surface area contributed by atoms with Crippen LogP contribution in [0, 0.1) is 13.8 Å². The second-order valence-corrected chi connectivity index (χ2v) is 8.36. The van der Waals surface area contributed by atoms with E-state index in [1.54, 1.807) is 27.4 Å². The highest BCUT2D eigenvalue weighted by molar-refractivity contribution is 8.00. The lowest BCUT2D eigenvalue weighted by Gasteiger charge is -2.22. The number of nitrogens with zero attached hydrogens (tertiary/aromatic N) is 3. The molecule has 148 valence electrons. The minimum Gasteiger partial charge on any atom is -0.452 e. The van der Waals surface area contributed by atoms with Crippen LogP contribution >= 0.6 is 11.8 Å². The number of benzene rings is 1.